The SMILES string of the molecule is O=C(CN1CCNCC1)Nc1ccncc1F. The first kappa shape index (κ1) is 11.9. The summed E-state index contributed by atoms with van der Waals surface area (Å²) in [6, 6.07) is 1.45. The summed E-state index contributed by atoms with van der Waals surface area (Å²) in [6.45, 7) is 3.75. The molecule has 1 fully saturated rings. The van der Waals surface area contributed by atoms with Crippen LogP contribution < -0.4 is 10.6 Å². The molecule has 1 amide bonds. The van der Waals surface area contributed by atoms with E-state index in [2.05, 4.69) is 15.6 Å². The predicted octanol–water partition coefficient (Wildman–Crippen LogP) is 0.0644. The molecule has 0 aliphatic carbocycles. The molecule has 1 aliphatic heterocycles. The van der Waals surface area contributed by atoms with Gasteiger partial charge in [0.15, 0.2) is 5.82 Å². The van der Waals surface area contributed by atoms with Crippen LogP contribution in [0.3, 0.4) is 0 Å². The predicted molar refractivity (Wildman–Crippen MR) is 62.1 cm³/mol. The molecule has 0 saturated carbocycles. The number of hydrogen-bond donors (Lipinski definition) is 2. The highest BCUT2D eigenvalue weighted by Crippen LogP contribution is 2.10. The largest absolute Gasteiger partial charge is 0.322 e. The third-order valence-corrected chi connectivity index (χ3v) is 2.62. The fourth-order valence-electron chi connectivity index (χ4n) is 1.74. The number of carbonyl (C=O) groups excluding carboxylic acids is 1. The maximum atomic E-state index is 13.2. The third kappa shape index (κ3) is 3.47. The molecule has 6 heteroatoms. The van der Waals surface area contributed by atoms with Gasteiger partial charge in [0.1, 0.15) is 0 Å². The van der Waals surface area contributed by atoms with Gasteiger partial charge in [-0.1, -0.05) is 0 Å². The molecule has 5 nitrogen and oxygen atoms in total. The Morgan fingerprint density at radius 3 is 3.00 bits per heavy atom. The molecule has 2 heterocycles. The second kappa shape index (κ2) is 5.70. The Bertz CT molecular complexity index is 393. The smallest absolute Gasteiger partial charge is 0.238 e. The van der Waals surface area contributed by atoms with Gasteiger partial charge in [-0.25, -0.2) is 4.39 Å². The quantitative estimate of drug-likeness (QED) is 0.782. The fraction of sp³-hybridized carbons (Fsp3) is 0.455. The molecule has 2 rings (SSSR count). The summed E-state index contributed by atoms with van der Waals surface area (Å²) < 4.78 is 13.2. The highest BCUT2D eigenvalue weighted by Gasteiger charge is 2.14. The second-order valence-corrected chi connectivity index (χ2v) is 3.93. The average molecular weight is 238 g/mol. The van der Waals surface area contributed by atoms with E-state index in [1.165, 1.54) is 12.3 Å². The van der Waals surface area contributed by atoms with Crippen LogP contribution in [-0.4, -0.2) is 48.5 Å². The van der Waals surface area contributed by atoms with E-state index in [1.807, 2.05) is 4.90 Å². The van der Waals surface area contributed by atoms with Crippen molar-refractivity contribution < 1.29 is 9.18 Å². The lowest BCUT2D eigenvalue weighted by Gasteiger charge is -2.26. The molecule has 0 unspecified atom stereocenters. The number of nitrogens with zero attached hydrogens (tertiary/aromatic N) is 2. The number of aromatic nitrogens is 1. The van der Waals surface area contributed by atoms with Gasteiger partial charge in [-0.3, -0.25) is 14.7 Å². The van der Waals surface area contributed by atoms with E-state index in [-0.39, 0.29) is 11.6 Å². The van der Waals surface area contributed by atoms with Crippen LogP contribution in [0.15, 0.2) is 18.5 Å². The van der Waals surface area contributed by atoms with Crippen molar-refractivity contribution in [3.05, 3.63) is 24.3 Å². The van der Waals surface area contributed by atoms with Crippen molar-refractivity contribution in [2.75, 3.05) is 38.0 Å². The van der Waals surface area contributed by atoms with Crippen molar-refractivity contribution >= 4 is 11.6 Å². The summed E-state index contributed by atoms with van der Waals surface area (Å²) in [5.41, 5.74) is 0.181. The zero-order chi connectivity index (χ0) is 12.1. The number of halogens is 1. The van der Waals surface area contributed by atoms with Gasteiger partial charge in [0.2, 0.25) is 5.91 Å². The van der Waals surface area contributed by atoms with Gasteiger partial charge in [0, 0.05) is 32.4 Å². The van der Waals surface area contributed by atoms with E-state index >= 15 is 0 Å². The van der Waals surface area contributed by atoms with Crippen molar-refractivity contribution in [2.24, 2.45) is 0 Å². The lowest BCUT2D eigenvalue weighted by Crippen LogP contribution is -2.46. The highest BCUT2D eigenvalue weighted by atomic mass is 19.1. The molecular weight excluding hydrogens is 223 g/mol. The monoisotopic (exact) mass is 238 g/mol. The molecule has 0 aromatic carbocycles. The van der Waals surface area contributed by atoms with E-state index in [4.69, 9.17) is 0 Å². The number of pyridine rings is 1. The minimum absolute atomic E-state index is 0.181. The van der Waals surface area contributed by atoms with E-state index in [9.17, 15) is 9.18 Å². The maximum absolute atomic E-state index is 13.2. The molecule has 1 saturated heterocycles. The van der Waals surface area contributed by atoms with E-state index in [0.717, 1.165) is 32.4 Å². The standard InChI is InChI=1S/C11H15FN4O/c12-9-7-14-2-1-10(9)15-11(17)8-16-5-3-13-4-6-16/h1-2,7,13H,3-6,8H2,(H,14,15,17). The summed E-state index contributed by atoms with van der Waals surface area (Å²) in [4.78, 5) is 17.3. The van der Waals surface area contributed by atoms with Crippen molar-refractivity contribution in [2.45, 2.75) is 0 Å². The van der Waals surface area contributed by atoms with Gasteiger partial charge in [-0.2, -0.15) is 0 Å². The Hall–Kier alpha value is -1.53. The van der Waals surface area contributed by atoms with Crippen LogP contribution in [0.1, 0.15) is 0 Å². The lowest BCUT2D eigenvalue weighted by molar-refractivity contribution is -0.117. The number of anilines is 1. The van der Waals surface area contributed by atoms with Crippen molar-refractivity contribution in [1.82, 2.24) is 15.2 Å². The fourth-order valence-corrected chi connectivity index (χ4v) is 1.74. The van der Waals surface area contributed by atoms with E-state index in [0.29, 0.717) is 6.54 Å². The first-order valence-corrected chi connectivity index (χ1v) is 5.58. The van der Waals surface area contributed by atoms with Crippen LogP contribution in [0.25, 0.3) is 0 Å². The third-order valence-electron chi connectivity index (χ3n) is 2.62. The minimum atomic E-state index is -0.513. The molecule has 0 atom stereocenters. The number of piperazine rings is 1. The Kier molecular flexibility index (Phi) is 4.00. The van der Waals surface area contributed by atoms with Crippen LogP contribution in [0, 0.1) is 5.82 Å². The van der Waals surface area contributed by atoms with Gasteiger partial charge in [0.25, 0.3) is 0 Å². The summed E-state index contributed by atoms with van der Waals surface area (Å²) in [5.74, 6) is -0.710. The first-order valence-electron chi connectivity index (χ1n) is 5.58. The van der Waals surface area contributed by atoms with Crippen LogP contribution in [0.4, 0.5) is 10.1 Å². The number of rotatable bonds is 3. The van der Waals surface area contributed by atoms with E-state index in [1.54, 1.807) is 0 Å². The molecule has 1 aromatic rings. The van der Waals surface area contributed by atoms with Gasteiger partial charge >= 0.3 is 0 Å². The second-order valence-electron chi connectivity index (χ2n) is 3.93. The molecular formula is C11H15FN4O. The summed E-state index contributed by atoms with van der Waals surface area (Å²) in [5, 5.41) is 5.75. The first-order chi connectivity index (χ1) is 8.25. The molecule has 17 heavy (non-hydrogen) atoms. The number of amides is 1. The van der Waals surface area contributed by atoms with Gasteiger partial charge in [-0.05, 0) is 6.07 Å². The molecule has 0 radical (unpaired) electrons. The number of carbonyl (C=O) groups is 1. The topological polar surface area (TPSA) is 57.3 Å². The lowest BCUT2D eigenvalue weighted by atomic mass is 10.3. The van der Waals surface area contributed by atoms with Gasteiger partial charge in [-0.15, -0.1) is 0 Å². The van der Waals surface area contributed by atoms with E-state index < -0.39 is 5.82 Å². The normalized spacial score (nSPS) is 16.8. The summed E-state index contributed by atoms with van der Waals surface area (Å²) in [6.07, 6.45) is 2.53. The highest BCUT2D eigenvalue weighted by molar-refractivity contribution is 5.92. The maximum Gasteiger partial charge on any atom is 0.238 e. The average Bonchev–Trinajstić information content (AvgIpc) is 2.33. The van der Waals surface area contributed by atoms with Crippen LogP contribution in [0.2, 0.25) is 0 Å². The van der Waals surface area contributed by atoms with Crippen molar-refractivity contribution in [1.29, 1.82) is 0 Å². The summed E-state index contributed by atoms with van der Waals surface area (Å²) in [7, 11) is 0. The molecule has 1 aliphatic rings. The molecule has 0 bridgehead atoms. The Morgan fingerprint density at radius 1 is 1.53 bits per heavy atom. The zero-order valence-electron chi connectivity index (χ0n) is 9.45. The molecule has 2 N–H and O–H groups in total. The molecule has 1 aromatic heterocycles. The van der Waals surface area contributed by atoms with Crippen LogP contribution in [-0.2, 0) is 4.79 Å². The van der Waals surface area contributed by atoms with Gasteiger partial charge in [0.05, 0.1) is 18.4 Å². The Morgan fingerprint density at radius 2 is 2.29 bits per heavy atom. The number of nitrogens with one attached hydrogen (secondary N) is 2. The van der Waals surface area contributed by atoms with Crippen molar-refractivity contribution in [3.63, 3.8) is 0 Å². The van der Waals surface area contributed by atoms with Gasteiger partial charge < -0.3 is 10.6 Å². The Labute approximate surface area is 99.0 Å². The molecule has 92 valence electrons. The summed E-state index contributed by atoms with van der Waals surface area (Å²) >= 11 is 0. The zero-order valence-corrected chi connectivity index (χ0v) is 9.45. The van der Waals surface area contributed by atoms with Crippen LogP contribution in [0.5, 0.6) is 0 Å². The Balaban J connectivity index is 1.86. The van der Waals surface area contributed by atoms with Crippen molar-refractivity contribution in [3.8, 4) is 0 Å². The van der Waals surface area contributed by atoms with Crippen LogP contribution >= 0.6 is 0 Å². The molecule has 0 spiro atoms. The minimum Gasteiger partial charge on any atom is -0.322 e. The number of hydrogen-bond acceptors (Lipinski definition) is 4.